The molecule has 0 aromatic carbocycles. The van der Waals surface area contributed by atoms with Crippen molar-refractivity contribution in [3.63, 3.8) is 0 Å². The van der Waals surface area contributed by atoms with Crippen LogP contribution in [0.2, 0.25) is 0 Å². The van der Waals surface area contributed by atoms with Crippen LogP contribution in [0, 0.1) is 10.8 Å². The summed E-state index contributed by atoms with van der Waals surface area (Å²) in [5.41, 5.74) is -0.370. The molecule has 2 rings (SSSR count). The molecule has 0 saturated heterocycles. The van der Waals surface area contributed by atoms with Gasteiger partial charge in [-0.2, -0.15) is 0 Å². The molecule has 0 unspecified atom stereocenters. The molecule has 0 aromatic heterocycles. The molecule has 0 saturated carbocycles. The van der Waals surface area contributed by atoms with Crippen LogP contribution < -0.4 is 0 Å². The molecular formula is C14H31BrN4O2Si. The first-order valence-corrected chi connectivity index (χ1v) is 12.9. The van der Waals surface area contributed by atoms with Crippen molar-refractivity contribution in [3.8, 4) is 0 Å². The number of rotatable bonds is 0. The Morgan fingerprint density at radius 3 is 1.23 bits per heavy atom. The molecule has 6 nitrogen and oxygen atoms in total. The van der Waals surface area contributed by atoms with Gasteiger partial charge in [-0.1, -0.05) is 0 Å². The van der Waals surface area contributed by atoms with Gasteiger partial charge in [0.2, 0.25) is 0 Å². The molecule has 8 heteroatoms. The number of quaternary nitrogens is 2. The molecule has 0 fully saturated rings. The Hall–Kier alpha value is -0.443. The van der Waals surface area contributed by atoms with Crippen LogP contribution in [0.3, 0.4) is 0 Å². The van der Waals surface area contributed by atoms with E-state index >= 15 is 0 Å². The Kier molecular flexibility index (Phi) is 3.37. The minimum absolute atomic E-state index is 0.185. The van der Waals surface area contributed by atoms with Gasteiger partial charge < -0.3 is 0 Å². The van der Waals surface area contributed by atoms with E-state index in [9.17, 15) is 0 Å². The number of hydrogen-bond donors (Lipinski definition) is 0. The van der Waals surface area contributed by atoms with Crippen molar-refractivity contribution < 1.29 is 17.4 Å². The average Bonchev–Trinajstić information content (AvgIpc) is 2.58. The summed E-state index contributed by atoms with van der Waals surface area (Å²) < 4.78 is 13.7. The number of nitrogens with zero attached hydrogens (tertiary/aromatic N) is 4. The normalized spacial score (nSPS) is 29.9. The summed E-state index contributed by atoms with van der Waals surface area (Å²) in [7, 11) is 8.10. The summed E-state index contributed by atoms with van der Waals surface area (Å²) in [6.45, 7) is 8.48. The van der Waals surface area contributed by atoms with Gasteiger partial charge in [-0.3, -0.25) is 0 Å². The van der Waals surface area contributed by atoms with E-state index in [4.69, 9.17) is 19.1 Å². The molecule has 2 aliphatic rings. The second-order valence-electron chi connectivity index (χ2n) is 9.51. The molecule has 0 aliphatic carbocycles. The monoisotopic (exact) mass is 394 g/mol. The Morgan fingerprint density at radius 2 is 1.05 bits per heavy atom. The summed E-state index contributed by atoms with van der Waals surface area (Å²) in [4.78, 5) is 0. The molecular weight excluding hydrogens is 364 g/mol. The van der Waals surface area contributed by atoms with E-state index in [0.29, 0.717) is 0 Å². The van der Waals surface area contributed by atoms with E-state index in [1.165, 1.54) is 0 Å². The molecule has 0 bridgehead atoms. The number of hydrogen-bond acceptors (Lipinski definition) is 4. The van der Waals surface area contributed by atoms with E-state index in [2.05, 4.69) is 56.8 Å². The topological polar surface area (TPSA) is 43.2 Å². The average molecular weight is 395 g/mol. The van der Waals surface area contributed by atoms with Crippen molar-refractivity contribution in [3.05, 3.63) is 0 Å². The molecule has 22 heavy (non-hydrogen) atoms. The predicted octanol–water partition coefficient (Wildman–Crippen LogP) is 2.93. The van der Waals surface area contributed by atoms with Crippen molar-refractivity contribution >= 4 is 33.9 Å². The van der Waals surface area contributed by atoms with Crippen molar-refractivity contribution in [2.24, 2.45) is 21.0 Å². The second-order valence-corrected chi connectivity index (χ2v) is 19.2. The molecule has 0 amide bonds. The third-order valence-corrected chi connectivity index (χ3v) is 17.4. The van der Waals surface area contributed by atoms with Gasteiger partial charge in [0, 0.05) is 0 Å². The van der Waals surface area contributed by atoms with Crippen molar-refractivity contribution in [1.29, 1.82) is 0 Å². The summed E-state index contributed by atoms with van der Waals surface area (Å²) in [6.07, 6.45) is 0. The van der Waals surface area contributed by atoms with Gasteiger partial charge in [-0.15, -0.1) is 0 Å². The van der Waals surface area contributed by atoms with E-state index < -0.39 is 6.78 Å². The Bertz CT molecular complexity index is 535. The van der Waals surface area contributed by atoms with E-state index in [1.54, 1.807) is 0 Å². The van der Waals surface area contributed by atoms with Gasteiger partial charge >= 0.3 is 142 Å². The molecule has 130 valence electrons. The van der Waals surface area contributed by atoms with Gasteiger partial charge in [-0.25, -0.2) is 0 Å². The fourth-order valence-electron chi connectivity index (χ4n) is 2.97. The predicted molar refractivity (Wildman–Crippen MR) is 96.2 cm³/mol. The fraction of sp³-hybridized carbons (Fsp3) is 0.857. The van der Waals surface area contributed by atoms with Crippen LogP contribution in [0.4, 0.5) is 0 Å². The Balaban J connectivity index is 2.61. The second kappa shape index (κ2) is 4.14. The van der Waals surface area contributed by atoms with Crippen LogP contribution in [-0.4, -0.2) is 55.3 Å². The first-order chi connectivity index (χ1) is 9.44. The summed E-state index contributed by atoms with van der Waals surface area (Å²) >= 11 is 3.97. The quantitative estimate of drug-likeness (QED) is 0.468. The third kappa shape index (κ3) is 2.03. The van der Waals surface area contributed by atoms with Crippen molar-refractivity contribution in [2.45, 2.75) is 41.5 Å². The third-order valence-electron chi connectivity index (χ3n) is 4.67. The van der Waals surface area contributed by atoms with Crippen molar-refractivity contribution in [2.75, 3.05) is 28.2 Å². The Morgan fingerprint density at radius 1 is 0.773 bits per heavy atom. The molecule has 0 aromatic rings. The standard InChI is InChI=1S/C14H31BrN4O2Si/c1-13(2,3)11-16-18(7,8)22(15,20-11)19(9,10)17-12(21-22)14(4,5)6/h22H,1-10H3. The van der Waals surface area contributed by atoms with Crippen LogP contribution in [0.25, 0.3) is 0 Å². The molecule has 0 atom stereocenters. The summed E-state index contributed by atoms with van der Waals surface area (Å²) in [6, 6.07) is 0. The van der Waals surface area contributed by atoms with Gasteiger partial charge in [0.1, 0.15) is 0 Å². The van der Waals surface area contributed by atoms with Crippen LogP contribution in [0.5, 0.6) is 0 Å². The molecule has 0 radical (unpaired) electrons. The molecule has 1 spiro atoms. The van der Waals surface area contributed by atoms with E-state index in [0.717, 1.165) is 11.8 Å². The zero-order chi connectivity index (χ0) is 17.4. The summed E-state index contributed by atoms with van der Waals surface area (Å²) in [5.74, 6) is 1.44. The zero-order valence-electron chi connectivity index (χ0n) is 15.6. The maximum absolute atomic E-state index is 6.57. The van der Waals surface area contributed by atoms with Gasteiger partial charge in [0.25, 0.3) is 0 Å². The van der Waals surface area contributed by atoms with E-state index in [1.807, 2.05) is 28.2 Å². The Labute approximate surface area is 142 Å². The van der Waals surface area contributed by atoms with Gasteiger partial charge in [0.05, 0.1) is 0 Å². The number of halogens is 1. The van der Waals surface area contributed by atoms with Crippen LogP contribution in [0.1, 0.15) is 41.5 Å². The van der Waals surface area contributed by atoms with Gasteiger partial charge in [0.15, 0.2) is 0 Å². The zero-order valence-corrected chi connectivity index (χ0v) is 18.3. The van der Waals surface area contributed by atoms with Crippen molar-refractivity contribution in [1.82, 2.24) is 0 Å². The first kappa shape index (κ1) is 17.9. The SMILES string of the molecule is CC(C)(C)C1=N[N+](C)(C)[SiH-2]2(Br)(O1)OC(C(C)(C)C)=N[N+]2(C)C. The molecule has 2 aliphatic heterocycles. The maximum atomic E-state index is 6.57. The summed E-state index contributed by atoms with van der Waals surface area (Å²) in [5, 5.41) is 9.72. The minimum atomic E-state index is -4.11. The molecule has 0 N–H and O–H groups in total. The van der Waals surface area contributed by atoms with Gasteiger partial charge in [-0.05, 0) is 0 Å². The van der Waals surface area contributed by atoms with Crippen LogP contribution in [-0.2, 0) is 8.85 Å². The van der Waals surface area contributed by atoms with Crippen LogP contribution in [0.15, 0.2) is 10.2 Å². The van der Waals surface area contributed by atoms with Crippen LogP contribution >= 0.6 is 15.3 Å². The van der Waals surface area contributed by atoms with E-state index in [-0.39, 0.29) is 19.3 Å². The fourth-order valence-corrected chi connectivity index (χ4v) is 9.18. The molecule has 2 heterocycles. The first-order valence-electron chi connectivity index (χ1n) is 7.75.